The number of hydrogen-bond donors (Lipinski definition) is 3. The molecule has 2 saturated heterocycles. The van der Waals surface area contributed by atoms with Gasteiger partial charge in [-0.05, 0) is 0 Å². The minimum Gasteiger partial charge on any atom is -0.371 e. The van der Waals surface area contributed by atoms with Crippen molar-refractivity contribution in [2.45, 2.75) is 24.4 Å². The van der Waals surface area contributed by atoms with E-state index < -0.39 is 41.4 Å². The number of ether oxygens (including phenoxy) is 2. The highest BCUT2D eigenvalue weighted by molar-refractivity contribution is 5.82. The van der Waals surface area contributed by atoms with E-state index in [9.17, 15) is 19.7 Å². The molecule has 0 aromatic carbocycles. The largest absolute Gasteiger partial charge is 0.371 e. The van der Waals surface area contributed by atoms with E-state index in [1.54, 1.807) is 0 Å². The van der Waals surface area contributed by atoms with Crippen molar-refractivity contribution in [2.24, 2.45) is 5.73 Å². The second kappa shape index (κ2) is 5.88. The fraction of sp³-hybridized carbons (Fsp3) is 0.778. The average Bonchev–Trinajstić information content (AvgIpc) is 2.91. The lowest BCUT2D eigenvalue weighted by molar-refractivity contribution is -0.769. The standard InChI is InChI=1S/C9H14N4O7/c10-6(14)1-11-9(15)12-4-2-18-8-5(20-13(16)17)3-19-7(4)8/h4-5,7-8H,1-3H2,(H2,10,14)(H2,11,12,15)/t4-,5+,7-,8-/m1/s1. The number of fused-ring (bicyclic) bond motifs is 1. The smallest absolute Gasteiger partial charge is 0.315 e. The Bertz CT molecular complexity index is 417. The number of nitrogens with zero attached hydrogens (tertiary/aromatic N) is 1. The van der Waals surface area contributed by atoms with Gasteiger partial charge in [-0.3, -0.25) is 4.79 Å². The molecule has 11 heteroatoms. The molecule has 0 unspecified atom stereocenters. The molecular weight excluding hydrogens is 276 g/mol. The molecule has 0 aliphatic carbocycles. The Morgan fingerprint density at radius 3 is 2.70 bits per heavy atom. The van der Waals surface area contributed by atoms with Crippen LogP contribution < -0.4 is 16.4 Å². The van der Waals surface area contributed by atoms with E-state index in [2.05, 4.69) is 15.5 Å². The van der Waals surface area contributed by atoms with Gasteiger partial charge >= 0.3 is 6.03 Å². The molecule has 2 rings (SSSR count). The molecule has 2 fully saturated rings. The summed E-state index contributed by atoms with van der Waals surface area (Å²) in [5.74, 6) is -0.669. The van der Waals surface area contributed by atoms with Crippen molar-refractivity contribution in [3.8, 4) is 0 Å². The van der Waals surface area contributed by atoms with Crippen LogP contribution in [0.4, 0.5) is 4.79 Å². The molecule has 4 N–H and O–H groups in total. The first-order chi connectivity index (χ1) is 9.47. The minimum atomic E-state index is -0.903. The van der Waals surface area contributed by atoms with E-state index in [1.165, 1.54) is 0 Å². The molecule has 2 heterocycles. The Labute approximate surface area is 112 Å². The van der Waals surface area contributed by atoms with Gasteiger partial charge < -0.3 is 30.7 Å². The molecular formula is C9H14N4O7. The summed E-state index contributed by atoms with van der Waals surface area (Å²) in [7, 11) is 0. The summed E-state index contributed by atoms with van der Waals surface area (Å²) in [5.41, 5.74) is 4.89. The number of nitrogens with two attached hydrogens (primary N) is 1. The lowest BCUT2D eigenvalue weighted by Crippen LogP contribution is -2.49. The highest BCUT2D eigenvalue weighted by Gasteiger charge is 2.49. The van der Waals surface area contributed by atoms with Crippen LogP contribution in [0.3, 0.4) is 0 Å². The zero-order valence-corrected chi connectivity index (χ0v) is 10.3. The molecule has 2 aliphatic heterocycles. The van der Waals surface area contributed by atoms with Gasteiger partial charge in [0.15, 0.2) is 6.10 Å². The third kappa shape index (κ3) is 3.24. The van der Waals surface area contributed by atoms with E-state index in [0.717, 1.165) is 0 Å². The zero-order chi connectivity index (χ0) is 14.7. The van der Waals surface area contributed by atoms with E-state index in [1.807, 2.05) is 0 Å². The molecule has 0 saturated carbocycles. The normalized spacial score (nSPS) is 31.4. The minimum absolute atomic E-state index is 0.0113. The lowest BCUT2D eigenvalue weighted by atomic mass is 10.1. The van der Waals surface area contributed by atoms with Crippen LogP contribution in [-0.4, -0.2) is 61.1 Å². The third-order valence-electron chi connectivity index (χ3n) is 2.97. The van der Waals surface area contributed by atoms with Gasteiger partial charge in [0.2, 0.25) is 5.91 Å². The highest BCUT2D eigenvalue weighted by atomic mass is 17.0. The van der Waals surface area contributed by atoms with Gasteiger partial charge in [0.25, 0.3) is 5.09 Å². The quantitative estimate of drug-likeness (QED) is 0.373. The van der Waals surface area contributed by atoms with Crippen LogP contribution in [0.25, 0.3) is 0 Å². The summed E-state index contributed by atoms with van der Waals surface area (Å²) >= 11 is 0. The van der Waals surface area contributed by atoms with E-state index >= 15 is 0 Å². The molecule has 0 spiro atoms. The number of primary amides is 1. The van der Waals surface area contributed by atoms with Crippen molar-refractivity contribution in [1.29, 1.82) is 0 Å². The van der Waals surface area contributed by atoms with Gasteiger partial charge in [-0.2, -0.15) is 0 Å². The van der Waals surface area contributed by atoms with Gasteiger partial charge in [-0.15, -0.1) is 10.1 Å². The Morgan fingerprint density at radius 1 is 1.35 bits per heavy atom. The average molecular weight is 290 g/mol. The van der Waals surface area contributed by atoms with E-state index in [4.69, 9.17) is 15.2 Å². The Kier molecular flexibility index (Phi) is 4.20. The van der Waals surface area contributed by atoms with Gasteiger partial charge in [0, 0.05) is 0 Å². The Balaban J connectivity index is 1.83. The van der Waals surface area contributed by atoms with Gasteiger partial charge in [-0.25, -0.2) is 4.79 Å². The van der Waals surface area contributed by atoms with Crippen LogP contribution in [0.15, 0.2) is 0 Å². The molecule has 3 amide bonds. The Morgan fingerprint density at radius 2 is 2.05 bits per heavy atom. The fourth-order valence-corrected chi connectivity index (χ4v) is 2.18. The molecule has 112 valence electrons. The maximum absolute atomic E-state index is 11.5. The van der Waals surface area contributed by atoms with Crippen molar-refractivity contribution >= 4 is 11.9 Å². The van der Waals surface area contributed by atoms with Crippen LogP contribution in [0.5, 0.6) is 0 Å². The number of nitrogens with one attached hydrogen (secondary N) is 2. The number of hydrogen-bond acceptors (Lipinski definition) is 7. The van der Waals surface area contributed by atoms with E-state index in [-0.39, 0.29) is 19.8 Å². The number of rotatable bonds is 5. The van der Waals surface area contributed by atoms with Crippen molar-refractivity contribution in [3.05, 3.63) is 10.1 Å². The molecule has 0 aromatic heterocycles. The van der Waals surface area contributed by atoms with E-state index in [0.29, 0.717) is 0 Å². The number of carbonyl (C=O) groups is 2. The number of amides is 3. The number of carbonyl (C=O) groups excluding carboxylic acids is 2. The predicted octanol–water partition coefficient (Wildman–Crippen LogP) is -2.49. The summed E-state index contributed by atoms with van der Waals surface area (Å²) in [5, 5.41) is 14.2. The van der Waals surface area contributed by atoms with Crippen LogP contribution in [0.1, 0.15) is 0 Å². The molecule has 20 heavy (non-hydrogen) atoms. The van der Waals surface area contributed by atoms with Crippen molar-refractivity contribution in [1.82, 2.24) is 10.6 Å². The fourth-order valence-electron chi connectivity index (χ4n) is 2.18. The molecule has 0 radical (unpaired) electrons. The van der Waals surface area contributed by atoms with Gasteiger partial charge in [0.1, 0.15) is 12.2 Å². The van der Waals surface area contributed by atoms with Crippen LogP contribution in [-0.2, 0) is 19.1 Å². The van der Waals surface area contributed by atoms with Crippen molar-refractivity contribution in [3.63, 3.8) is 0 Å². The summed E-state index contributed by atoms with van der Waals surface area (Å²) in [6.45, 7) is -0.143. The SMILES string of the molecule is NC(=O)CNC(=O)N[C@@H]1CO[C@H]2[C@@H]1OC[C@@H]2O[N+](=O)[O-]. The van der Waals surface area contributed by atoms with Crippen LogP contribution in [0.2, 0.25) is 0 Å². The third-order valence-corrected chi connectivity index (χ3v) is 2.97. The van der Waals surface area contributed by atoms with Crippen LogP contribution >= 0.6 is 0 Å². The second-order valence-electron chi connectivity index (χ2n) is 4.36. The van der Waals surface area contributed by atoms with Crippen molar-refractivity contribution in [2.75, 3.05) is 19.8 Å². The van der Waals surface area contributed by atoms with Crippen LogP contribution in [0, 0.1) is 10.1 Å². The van der Waals surface area contributed by atoms with Gasteiger partial charge in [0.05, 0.1) is 25.8 Å². The topological polar surface area (TPSA) is 155 Å². The van der Waals surface area contributed by atoms with Gasteiger partial charge in [-0.1, -0.05) is 0 Å². The summed E-state index contributed by atoms with van der Waals surface area (Å²) in [4.78, 5) is 36.7. The molecule has 0 aromatic rings. The first kappa shape index (κ1) is 14.3. The maximum Gasteiger partial charge on any atom is 0.315 e. The zero-order valence-electron chi connectivity index (χ0n) is 10.3. The summed E-state index contributed by atoms with van der Waals surface area (Å²) in [6.07, 6.45) is -1.95. The number of urea groups is 1. The monoisotopic (exact) mass is 290 g/mol. The molecule has 11 nitrogen and oxygen atoms in total. The summed E-state index contributed by atoms with van der Waals surface area (Å²) < 4.78 is 10.7. The maximum atomic E-state index is 11.5. The first-order valence-corrected chi connectivity index (χ1v) is 5.84. The van der Waals surface area contributed by atoms with Crippen molar-refractivity contribution < 1.29 is 29.0 Å². The lowest BCUT2D eigenvalue weighted by Gasteiger charge is -2.17. The second-order valence-corrected chi connectivity index (χ2v) is 4.36. The molecule has 2 aliphatic rings. The summed E-state index contributed by atoms with van der Waals surface area (Å²) in [6, 6.07) is -1.08. The highest BCUT2D eigenvalue weighted by Crippen LogP contribution is 2.28. The Hall–Kier alpha value is -2.14. The molecule has 0 bridgehead atoms. The predicted molar refractivity (Wildman–Crippen MR) is 60.9 cm³/mol. The first-order valence-electron chi connectivity index (χ1n) is 5.84. The molecule has 4 atom stereocenters.